The van der Waals surface area contributed by atoms with Crippen molar-refractivity contribution in [1.29, 1.82) is 0 Å². The third-order valence-corrected chi connectivity index (χ3v) is 11.9. The van der Waals surface area contributed by atoms with Crippen molar-refractivity contribution >= 4 is 70.4 Å². The lowest BCUT2D eigenvalue weighted by atomic mass is 10.00. The van der Waals surface area contributed by atoms with Crippen molar-refractivity contribution in [3.05, 3.63) is 193 Å². The molecule has 11 rings (SSSR count). The lowest BCUT2D eigenvalue weighted by Crippen LogP contribution is -2.11. The molecule has 2 nitrogen and oxygen atoms in total. The van der Waals surface area contributed by atoms with Gasteiger partial charge in [0.05, 0.1) is 16.7 Å². The minimum Gasteiger partial charge on any atom is -0.310 e. The summed E-state index contributed by atoms with van der Waals surface area (Å²) in [5.74, 6) is 0. The quantitative estimate of drug-likeness (QED) is 0.176. The second kappa shape index (κ2) is 11.6. The summed E-state index contributed by atoms with van der Waals surface area (Å²) in [6.07, 6.45) is 0.954. The smallest absolute Gasteiger partial charge is 0.0543 e. The number of hydrogen-bond acceptors (Lipinski definition) is 2. The minimum absolute atomic E-state index is 0.954. The van der Waals surface area contributed by atoms with Crippen LogP contribution in [0.5, 0.6) is 0 Å². The van der Waals surface area contributed by atoms with Crippen LogP contribution in [0.15, 0.2) is 182 Å². The Kier molecular flexibility index (Phi) is 6.52. The topological polar surface area (TPSA) is 8.17 Å². The first kappa shape index (κ1) is 29.3. The maximum absolute atomic E-state index is 2.47. The molecule has 0 fully saturated rings. The number of rotatable bonds is 5. The van der Waals surface area contributed by atoms with E-state index < -0.39 is 0 Å². The van der Waals surface area contributed by atoms with Crippen LogP contribution in [0.25, 0.3) is 69.9 Å². The molecule has 3 heteroatoms. The zero-order valence-corrected chi connectivity index (χ0v) is 29.1. The lowest BCUT2D eigenvalue weighted by Gasteiger charge is -2.28. The van der Waals surface area contributed by atoms with Gasteiger partial charge in [0.15, 0.2) is 0 Å². The van der Waals surface area contributed by atoms with Gasteiger partial charge in [-0.3, -0.25) is 0 Å². The fourth-order valence-corrected chi connectivity index (χ4v) is 9.59. The maximum atomic E-state index is 2.47. The Morgan fingerprint density at radius 2 is 1.13 bits per heavy atom. The van der Waals surface area contributed by atoms with Crippen LogP contribution in [0.3, 0.4) is 0 Å². The molecule has 2 aromatic heterocycles. The Morgan fingerprint density at radius 1 is 0.442 bits per heavy atom. The summed E-state index contributed by atoms with van der Waals surface area (Å²) in [6, 6.07) is 66.9. The van der Waals surface area contributed by atoms with Crippen LogP contribution in [0.4, 0.5) is 17.1 Å². The van der Waals surface area contributed by atoms with Gasteiger partial charge < -0.3 is 9.47 Å². The van der Waals surface area contributed by atoms with E-state index in [1.165, 1.54) is 86.7 Å². The number of thiophene rings is 1. The van der Waals surface area contributed by atoms with Gasteiger partial charge in [-0.1, -0.05) is 115 Å². The van der Waals surface area contributed by atoms with E-state index >= 15 is 0 Å². The van der Waals surface area contributed by atoms with E-state index in [1.54, 1.807) is 0 Å². The van der Waals surface area contributed by atoms with Crippen LogP contribution in [0.2, 0.25) is 0 Å². The van der Waals surface area contributed by atoms with Crippen LogP contribution in [-0.4, -0.2) is 4.57 Å². The van der Waals surface area contributed by atoms with Crippen LogP contribution < -0.4 is 4.90 Å². The Hall–Kier alpha value is -6.42. The summed E-state index contributed by atoms with van der Waals surface area (Å²) in [4.78, 5) is 2.47. The fourth-order valence-electron chi connectivity index (χ4n) is 8.45. The van der Waals surface area contributed by atoms with Gasteiger partial charge in [0.1, 0.15) is 0 Å². The number of para-hydroxylation sites is 2. The molecule has 0 atom stereocenters. The van der Waals surface area contributed by atoms with Gasteiger partial charge in [-0.2, -0.15) is 0 Å². The standard InChI is InChI=1S/C49H32N2S/c1-2-13-36(14-3-1)51-44-18-8-6-16-40(44)43-31-38(26-28-45(43)51)50(46-19-10-12-35-29-34-11-4-5-15-39(34)49(35)46)37-24-21-32(22-25-37)33-23-27-42-41-17-7-9-20-47(41)52-48(42)30-33/h1-28,30-31H,29H2. The van der Waals surface area contributed by atoms with Crippen molar-refractivity contribution in [2.75, 3.05) is 4.90 Å². The lowest BCUT2D eigenvalue weighted by molar-refractivity contribution is 1.18. The summed E-state index contributed by atoms with van der Waals surface area (Å²) in [5, 5.41) is 5.15. The third-order valence-electron chi connectivity index (χ3n) is 10.8. The number of fused-ring (bicyclic) bond motifs is 9. The first-order valence-electron chi connectivity index (χ1n) is 17.9. The Morgan fingerprint density at radius 3 is 2.04 bits per heavy atom. The van der Waals surface area contributed by atoms with E-state index in [0.717, 1.165) is 17.8 Å². The largest absolute Gasteiger partial charge is 0.310 e. The summed E-state index contributed by atoms with van der Waals surface area (Å²) >= 11 is 1.87. The van der Waals surface area contributed by atoms with Crippen LogP contribution in [0, 0.1) is 0 Å². The number of aromatic nitrogens is 1. The summed E-state index contributed by atoms with van der Waals surface area (Å²) < 4.78 is 5.05. The normalized spacial score (nSPS) is 12.2. The van der Waals surface area contributed by atoms with Gasteiger partial charge in [0.25, 0.3) is 0 Å². The molecule has 0 radical (unpaired) electrons. The van der Waals surface area contributed by atoms with E-state index in [4.69, 9.17) is 0 Å². The predicted octanol–water partition coefficient (Wildman–Crippen LogP) is 13.9. The Bertz CT molecular complexity index is 2990. The highest BCUT2D eigenvalue weighted by atomic mass is 32.1. The van der Waals surface area contributed by atoms with E-state index in [0.29, 0.717) is 0 Å². The van der Waals surface area contributed by atoms with Crippen molar-refractivity contribution in [2.24, 2.45) is 0 Å². The average molecular weight is 681 g/mol. The van der Waals surface area contributed by atoms with Gasteiger partial charge >= 0.3 is 0 Å². The van der Waals surface area contributed by atoms with Crippen molar-refractivity contribution in [3.8, 4) is 27.9 Å². The first-order chi connectivity index (χ1) is 25.8. The highest BCUT2D eigenvalue weighted by Crippen LogP contribution is 2.48. The highest BCUT2D eigenvalue weighted by Gasteiger charge is 2.26. The van der Waals surface area contributed by atoms with Crippen LogP contribution in [-0.2, 0) is 6.42 Å². The van der Waals surface area contributed by atoms with E-state index in [9.17, 15) is 0 Å². The van der Waals surface area contributed by atoms with Crippen molar-refractivity contribution in [1.82, 2.24) is 4.57 Å². The molecule has 244 valence electrons. The van der Waals surface area contributed by atoms with Gasteiger partial charge in [0, 0.05) is 53.6 Å². The highest BCUT2D eigenvalue weighted by molar-refractivity contribution is 7.25. The Labute approximate surface area is 306 Å². The molecule has 2 heterocycles. The van der Waals surface area contributed by atoms with Gasteiger partial charge in [-0.25, -0.2) is 0 Å². The summed E-state index contributed by atoms with van der Waals surface area (Å²) in [7, 11) is 0. The predicted molar refractivity (Wildman–Crippen MR) is 222 cm³/mol. The maximum Gasteiger partial charge on any atom is 0.0543 e. The molecule has 1 aliphatic carbocycles. The number of benzene rings is 8. The van der Waals surface area contributed by atoms with Crippen molar-refractivity contribution in [2.45, 2.75) is 6.42 Å². The molecular formula is C49H32N2S. The Balaban J connectivity index is 1.09. The fraction of sp³-hybridized carbons (Fsp3) is 0.0204. The minimum atomic E-state index is 0.954. The van der Waals surface area contributed by atoms with Crippen molar-refractivity contribution < 1.29 is 0 Å². The van der Waals surface area contributed by atoms with Crippen LogP contribution >= 0.6 is 11.3 Å². The second-order valence-corrected chi connectivity index (χ2v) is 14.8. The molecule has 0 N–H and O–H groups in total. The molecule has 0 saturated carbocycles. The van der Waals surface area contributed by atoms with Crippen molar-refractivity contribution in [3.63, 3.8) is 0 Å². The molecule has 0 aliphatic heterocycles. The third kappa shape index (κ3) is 4.50. The van der Waals surface area contributed by atoms with E-state index in [2.05, 4.69) is 191 Å². The monoisotopic (exact) mass is 680 g/mol. The zero-order chi connectivity index (χ0) is 34.2. The molecule has 8 aromatic carbocycles. The molecular weight excluding hydrogens is 649 g/mol. The van der Waals surface area contributed by atoms with E-state index in [1.807, 2.05) is 11.3 Å². The molecule has 10 aromatic rings. The van der Waals surface area contributed by atoms with Crippen LogP contribution in [0.1, 0.15) is 11.1 Å². The SMILES string of the molecule is c1ccc(-n2c3ccccc3c3cc(N(c4ccc(-c5ccc6c(c5)sc5ccccc56)cc4)c4cccc5c4-c4ccccc4C5)ccc32)cc1. The van der Waals surface area contributed by atoms with Gasteiger partial charge in [-0.15, -0.1) is 11.3 Å². The van der Waals surface area contributed by atoms with E-state index in [-0.39, 0.29) is 0 Å². The first-order valence-corrected chi connectivity index (χ1v) is 18.7. The van der Waals surface area contributed by atoms with Gasteiger partial charge in [0.2, 0.25) is 0 Å². The molecule has 0 spiro atoms. The molecule has 0 bridgehead atoms. The molecule has 1 aliphatic rings. The number of hydrogen-bond donors (Lipinski definition) is 0. The molecule has 0 amide bonds. The number of anilines is 3. The second-order valence-electron chi connectivity index (χ2n) is 13.7. The number of nitrogens with zero attached hydrogens (tertiary/aromatic N) is 2. The summed E-state index contributed by atoms with van der Waals surface area (Å²) in [6.45, 7) is 0. The summed E-state index contributed by atoms with van der Waals surface area (Å²) in [5.41, 5.74) is 14.9. The molecule has 0 unspecified atom stereocenters. The zero-order valence-electron chi connectivity index (χ0n) is 28.3. The molecule has 52 heavy (non-hydrogen) atoms. The average Bonchev–Trinajstić information content (AvgIpc) is 3.88. The van der Waals surface area contributed by atoms with Gasteiger partial charge in [-0.05, 0) is 101 Å². The molecule has 0 saturated heterocycles.